The molecule has 2 N–H and O–H groups in total. The summed E-state index contributed by atoms with van der Waals surface area (Å²) in [5.41, 5.74) is 1.57. The largest absolute Gasteiger partial charge is 0.496 e. The number of benzene rings is 3. The maximum atomic E-state index is 14.4. The standard InChI is InChI=1S/C27H22FN3O5S/c1-16(32)29-19-8-10-20(11-9-19)36-15-18-13-17(7-12-24(18)35-2)14-21-25(33)30-27(37)31(26(21)34)23-6-4-3-5-22(23)28/h3-14H,15H2,1-2H3,(H,29,32)(H,30,33,37)/b21-14-. The van der Waals surface area contributed by atoms with Gasteiger partial charge in [-0.2, -0.15) is 0 Å². The van der Waals surface area contributed by atoms with Crippen LogP contribution >= 0.6 is 12.2 Å². The van der Waals surface area contributed by atoms with E-state index >= 15 is 0 Å². The van der Waals surface area contributed by atoms with Crippen molar-refractivity contribution in [1.82, 2.24) is 5.32 Å². The second-order valence-electron chi connectivity index (χ2n) is 7.97. The van der Waals surface area contributed by atoms with Crippen molar-refractivity contribution in [3.63, 3.8) is 0 Å². The van der Waals surface area contributed by atoms with Crippen LogP contribution in [0.3, 0.4) is 0 Å². The van der Waals surface area contributed by atoms with Crippen LogP contribution < -0.4 is 25.0 Å². The van der Waals surface area contributed by atoms with Gasteiger partial charge in [-0.25, -0.2) is 9.29 Å². The summed E-state index contributed by atoms with van der Waals surface area (Å²) in [6.45, 7) is 1.56. The molecule has 1 fully saturated rings. The minimum Gasteiger partial charge on any atom is -0.496 e. The zero-order valence-corrected chi connectivity index (χ0v) is 20.7. The first-order valence-electron chi connectivity index (χ1n) is 11.1. The Hall–Kier alpha value is -4.57. The molecule has 0 spiro atoms. The molecule has 3 aromatic carbocycles. The van der Waals surface area contributed by atoms with Crippen molar-refractivity contribution in [2.75, 3.05) is 17.3 Å². The van der Waals surface area contributed by atoms with Gasteiger partial charge in [0.25, 0.3) is 11.8 Å². The molecule has 0 radical (unpaired) electrons. The van der Waals surface area contributed by atoms with E-state index in [-0.39, 0.29) is 28.9 Å². The molecule has 1 heterocycles. The summed E-state index contributed by atoms with van der Waals surface area (Å²) in [5.74, 6) is -1.14. The Kier molecular flexibility index (Phi) is 7.59. The van der Waals surface area contributed by atoms with Crippen molar-refractivity contribution >= 4 is 52.5 Å². The number of amides is 3. The van der Waals surface area contributed by atoms with Gasteiger partial charge in [0.05, 0.1) is 12.8 Å². The fraction of sp³-hybridized carbons (Fsp3) is 0.111. The Labute approximate surface area is 217 Å². The van der Waals surface area contributed by atoms with Crippen molar-refractivity contribution in [1.29, 1.82) is 0 Å². The van der Waals surface area contributed by atoms with Gasteiger partial charge in [0, 0.05) is 18.2 Å². The van der Waals surface area contributed by atoms with Crippen LogP contribution in [0.4, 0.5) is 15.8 Å². The summed E-state index contributed by atoms with van der Waals surface area (Å²) in [5, 5.41) is 4.92. The smallest absolute Gasteiger partial charge is 0.270 e. The van der Waals surface area contributed by atoms with Crippen molar-refractivity contribution in [3.8, 4) is 11.5 Å². The Bertz CT molecular complexity index is 1420. The molecule has 1 aliphatic rings. The average molecular weight is 520 g/mol. The monoisotopic (exact) mass is 519 g/mol. The molecule has 37 heavy (non-hydrogen) atoms. The minimum absolute atomic E-state index is 0.0586. The first kappa shape index (κ1) is 25.5. The molecule has 1 saturated heterocycles. The van der Waals surface area contributed by atoms with Gasteiger partial charge in [0.1, 0.15) is 29.5 Å². The number of anilines is 2. The lowest BCUT2D eigenvalue weighted by Crippen LogP contribution is -2.54. The van der Waals surface area contributed by atoms with Gasteiger partial charge >= 0.3 is 0 Å². The zero-order valence-electron chi connectivity index (χ0n) is 19.9. The van der Waals surface area contributed by atoms with E-state index in [0.717, 1.165) is 4.90 Å². The minimum atomic E-state index is -0.744. The number of carbonyl (C=O) groups is 3. The third-order valence-electron chi connectivity index (χ3n) is 5.38. The number of para-hydroxylation sites is 1. The molecule has 4 rings (SSSR count). The molecule has 0 atom stereocenters. The molecule has 3 aromatic rings. The van der Waals surface area contributed by atoms with Gasteiger partial charge in [0.15, 0.2) is 5.11 Å². The highest BCUT2D eigenvalue weighted by atomic mass is 32.1. The Morgan fingerprint density at radius 3 is 2.51 bits per heavy atom. The number of hydrogen-bond acceptors (Lipinski definition) is 6. The van der Waals surface area contributed by atoms with E-state index in [1.807, 2.05) is 0 Å². The number of ether oxygens (including phenoxy) is 2. The normalized spacial score (nSPS) is 14.4. The first-order chi connectivity index (χ1) is 17.8. The highest BCUT2D eigenvalue weighted by molar-refractivity contribution is 7.80. The summed E-state index contributed by atoms with van der Waals surface area (Å²) in [6, 6.07) is 17.6. The van der Waals surface area contributed by atoms with Crippen LogP contribution in [0.2, 0.25) is 0 Å². The van der Waals surface area contributed by atoms with Gasteiger partial charge < -0.3 is 14.8 Å². The summed E-state index contributed by atoms with van der Waals surface area (Å²) >= 11 is 5.13. The van der Waals surface area contributed by atoms with Gasteiger partial charge in [0.2, 0.25) is 5.91 Å². The molecular weight excluding hydrogens is 497 g/mol. The molecule has 188 valence electrons. The van der Waals surface area contributed by atoms with Crippen LogP contribution in [0.5, 0.6) is 11.5 Å². The van der Waals surface area contributed by atoms with Crippen LogP contribution in [0, 0.1) is 5.82 Å². The highest BCUT2D eigenvalue weighted by Crippen LogP contribution is 2.27. The van der Waals surface area contributed by atoms with Crippen LogP contribution in [0.15, 0.2) is 72.3 Å². The van der Waals surface area contributed by atoms with Gasteiger partial charge in [-0.05, 0) is 72.4 Å². The number of hydrogen-bond donors (Lipinski definition) is 2. The van der Waals surface area contributed by atoms with Gasteiger partial charge in [-0.1, -0.05) is 18.2 Å². The number of carbonyl (C=O) groups excluding carboxylic acids is 3. The second kappa shape index (κ2) is 11.0. The van der Waals surface area contributed by atoms with Crippen LogP contribution in [-0.4, -0.2) is 29.9 Å². The SMILES string of the molecule is COc1ccc(/C=C2/C(=O)NC(=S)N(c3ccccc3F)C2=O)cc1COc1ccc(NC(C)=O)cc1. The highest BCUT2D eigenvalue weighted by Gasteiger charge is 2.35. The number of halogens is 1. The number of nitrogens with zero attached hydrogens (tertiary/aromatic N) is 1. The van der Waals surface area contributed by atoms with Crippen LogP contribution in [0.1, 0.15) is 18.1 Å². The van der Waals surface area contributed by atoms with Crippen LogP contribution in [0.25, 0.3) is 6.08 Å². The summed E-state index contributed by atoms with van der Waals surface area (Å²) in [6.07, 6.45) is 1.40. The van der Waals surface area contributed by atoms with Crippen molar-refractivity contribution in [2.24, 2.45) is 0 Å². The van der Waals surface area contributed by atoms with Crippen molar-refractivity contribution in [2.45, 2.75) is 13.5 Å². The van der Waals surface area contributed by atoms with Crippen LogP contribution in [-0.2, 0) is 21.0 Å². The fourth-order valence-corrected chi connectivity index (χ4v) is 3.95. The Balaban J connectivity index is 1.58. The first-order valence-corrected chi connectivity index (χ1v) is 11.5. The van der Waals surface area contributed by atoms with Gasteiger partial charge in [-0.15, -0.1) is 0 Å². The number of methoxy groups -OCH3 is 1. The zero-order chi connectivity index (χ0) is 26.5. The second-order valence-corrected chi connectivity index (χ2v) is 8.36. The topological polar surface area (TPSA) is 97.0 Å². The summed E-state index contributed by atoms with van der Waals surface area (Å²) < 4.78 is 25.7. The molecule has 0 unspecified atom stereocenters. The molecule has 3 amide bonds. The van der Waals surface area contributed by atoms with E-state index in [4.69, 9.17) is 21.7 Å². The molecule has 10 heteroatoms. The maximum absolute atomic E-state index is 14.4. The van der Waals surface area contributed by atoms with E-state index in [1.165, 1.54) is 38.3 Å². The van der Waals surface area contributed by atoms with E-state index in [1.54, 1.807) is 48.5 Å². The van der Waals surface area contributed by atoms with E-state index in [0.29, 0.717) is 28.3 Å². The lowest BCUT2D eigenvalue weighted by atomic mass is 10.0. The quantitative estimate of drug-likeness (QED) is 0.276. The molecule has 0 aromatic heterocycles. The summed E-state index contributed by atoms with van der Waals surface area (Å²) in [4.78, 5) is 37.9. The molecular formula is C27H22FN3O5S. The molecule has 8 nitrogen and oxygen atoms in total. The average Bonchev–Trinajstić information content (AvgIpc) is 2.87. The summed E-state index contributed by atoms with van der Waals surface area (Å²) in [7, 11) is 1.52. The predicted octanol–water partition coefficient (Wildman–Crippen LogP) is 4.20. The number of nitrogens with one attached hydrogen (secondary N) is 2. The Morgan fingerprint density at radius 1 is 1.11 bits per heavy atom. The molecule has 0 saturated carbocycles. The van der Waals surface area contributed by atoms with Crippen molar-refractivity contribution in [3.05, 3.63) is 89.2 Å². The molecule has 1 aliphatic heterocycles. The molecule has 0 bridgehead atoms. The van der Waals surface area contributed by atoms with Crippen molar-refractivity contribution < 1.29 is 28.2 Å². The van der Waals surface area contributed by atoms with E-state index < -0.39 is 17.6 Å². The van der Waals surface area contributed by atoms with Gasteiger partial charge in [-0.3, -0.25) is 19.7 Å². The maximum Gasteiger partial charge on any atom is 0.270 e. The Morgan fingerprint density at radius 2 is 1.84 bits per heavy atom. The third-order valence-corrected chi connectivity index (χ3v) is 5.66. The lowest BCUT2D eigenvalue weighted by molar-refractivity contribution is -0.122. The number of thiocarbonyl (C=S) groups is 1. The van der Waals surface area contributed by atoms with E-state index in [2.05, 4.69) is 10.6 Å². The number of rotatable bonds is 7. The molecule has 0 aliphatic carbocycles. The van der Waals surface area contributed by atoms with E-state index in [9.17, 15) is 18.8 Å². The fourth-order valence-electron chi connectivity index (χ4n) is 3.68. The third kappa shape index (κ3) is 5.81. The predicted molar refractivity (Wildman–Crippen MR) is 141 cm³/mol. The lowest BCUT2D eigenvalue weighted by Gasteiger charge is -2.29.